The molecule has 0 aliphatic carbocycles. The van der Waals surface area contributed by atoms with Gasteiger partial charge in [-0.25, -0.2) is 0 Å². The van der Waals surface area contributed by atoms with Crippen LogP contribution in [0.2, 0.25) is 0 Å². The van der Waals surface area contributed by atoms with E-state index in [1.807, 2.05) is 0 Å². The molecule has 0 fully saturated rings. The van der Waals surface area contributed by atoms with E-state index in [1.54, 1.807) is 12.1 Å². The first-order valence-electron chi connectivity index (χ1n) is 5.79. The van der Waals surface area contributed by atoms with E-state index < -0.39 is 17.5 Å². The molecule has 0 spiro atoms. The molecule has 2 aromatic rings. The van der Waals surface area contributed by atoms with Gasteiger partial charge in [-0.1, -0.05) is 30.3 Å². The maximum Gasteiger partial charge on any atom is 0.417 e. The number of hydrogen-bond acceptors (Lipinski definition) is 2. The smallest absolute Gasteiger partial charge is 0.417 e. The second-order valence-electron chi connectivity index (χ2n) is 4.07. The number of rotatable bonds is 3. The highest BCUT2D eigenvalue weighted by Gasteiger charge is 2.35. The van der Waals surface area contributed by atoms with Crippen LogP contribution in [0.4, 0.5) is 13.2 Å². The number of carbonyl (C=O) groups excluding carboxylic acids is 1. The summed E-state index contributed by atoms with van der Waals surface area (Å²) in [6, 6.07) is 10.9. The molecule has 0 amide bonds. The van der Waals surface area contributed by atoms with Crippen molar-refractivity contribution in [1.29, 1.82) is 0 Å². The van der Waals surface area contributed by atoms with Gasteiger partial charge in [0.15, 0.2) is 5.78 Å². The van der Waals surface area contributed by atoms with Crippen LogP contribution in [0, 0.1) is 0 Å². The van der Waals surface area contributed by atoms with E-state index in [9.17, 15) is 18.0 Å². The average Bonchev–Trinajstić information content (AvgIpc) is 2.45. The lowest BCUT2D eigenvalue weighted by molar-refractivity contribution is -0.137. The van der Waals surface area contributed by atoms with E-state index in [4.69, 9.17) is 4.74 Å². The van der Waals surface area contributed by atoms with Crippen molar-refractivity contribution in [1.82, 2.24) is 0 Å². The molecule has 0 saturated carbocycles. The predicted molar refractivity (Wildman–Crippen MR) is 67.9 cm³/mol. The maximum atomic E-state index is 12.9. The summed E-state index contributed by atoms with van der Waals surface area (Å²) in [7, 11) is 1.36. The third-order valence-corrected chi connectivity index (χ3v) is 2.83. The van der Waals surface area contributed by atoms with E-state index in [0.717, 1.165) is 12.1 Å². The predicted octanol–water partition coefficient (Wildman–Crippen LogP) is 3.95. The fourth-order valence-electron chi connectivity index (χ4n) is 1.91. The first kappa shape index (κ1) is 14.1. The van der Waals surface area contributed by atoms with Crippen molar-refractivity contribution in [2.75, 3.05) is 7.11 Å². The standard InChI is InChI=1S/C15H11F3O2/c1-20-13-9-5-3-7-11(13)14(19)10-6-2-4-8-12(10)15(16,17)18/h2-9H,1H3. The molecule has 0 atom stereocenters. The summed E-state index contributed by atoms with van der Waals surface area (Å²) in [4.78, 5) is 12.3. The number of methoxy groups -OCH3 is 1. The molecular formula is C15H11F3O2. The summed E-state index contributed by atoms with van der Waals surface area (Å²) in [5.74, 6) is -0.468. The van der Waals surface area contributed by atoms with Gasteiger partial charge in [0.2, 0.25) is 0 Å². The second-order valence-corrected chi connectivity index (χ2v) is 4.07. The van der Waals surface area contributed by atoms with Crippen molar-refractivity contribution < 1.29 is 22.7 Å². The van der Waals surface area contributed by atoms with Gasteiger partial charge in [-0.15, -0.1) is 0 Å². The lowest BCUT2D eigenvalue weighted by atomic mass is 9.97. The Morgan fingerprint density at radius 3 is 2.10 bits per heavy atom. The zero-order valence-corrected chi connectivity index (χ0v) is 10.6. The second kappa shape index (κ2) is 5.36. The van der Waals surface area contributed by atoms with Crippen LogP contribution in [0.5, 0.6) is 5.75 Å². The fourth-order valence-corrected chi connectivity index (χ4v) is 1.91. The highest BCUT2D eigenvalue weighted by atomic mass is 19.4. The molecule has 5 heteroatoms. The van der Waals surface area contributed by atoms with Gasteiger partial charge in [-0.3, -0.25) is 4.79 Å². The van der Waals surface area contributed by atoms with Crippen LogP contribution in [-0.4, -0.2) is 12.9 Å². The Bertz CT molecular complexity index is 633. The summed E-state index contributed by atoms with van der Waals surface area (Å²) in [6.07, 6.45) is -4.58. The number of ether oxygens (including phenoxy) is 1. The quantitative estimate of drug-likeness (QED) is 0.796. The number of alkyl halides is 3. The van der Waals surface area contributed by atoms with Crippen LogP contribution < -0.4 is 4.74 Å². The van der Waals surface area contributed by atoms with Crippen LogP contribution in [-0.2, 0) is 6.18 Å². The summed E-state index contributed by atoms with van der Waals surface area (Å²) in [6.45, 7) is 0. The molecule has 0 radical (unpaired) electrons. The first-order chi connectivity index (χ1) is 9.45. The molecule has 2 rings (SSSR count). The Kier molecular flexibility index (Phi) is 3.79. The van der Waals surface area contributed by atoms with Gasteiger partial charge in [0.1, 0.15) is 5.75 Å². The van der Waals surface area contributed by atoms with Gasteiger partial charge in [0.25, 0.3) is 0 Å². The number of halogens is 3. The van der Waals surface area contributed by atoms with Gasteiger partial charge in [-0.2, -0.15) is 13.2 Å². The van der Waals surface area contributed by atoms with Crippen molar-refractivity contribution in [2.45, 2.75) is 6.18 Å². The van der Waals surface area contributed by atoms with Gasteiger partial charge in [-0.05, 0) is 18.2 Å². The van der Waals surface area contributed by atoms with Crippen LogP contribution in [0.1, 0.15) is 21.5 Å². The molecule has 0 bridgehead atoms. The Labute approximate surface area is 113 Å². The van der Waals surface area contributed by atoms with Crippen molar-refractivity contribution in [3.63, 3.8) is 0 Å². The van der Waals surface area contributed by atoms with Gasteiger partial charge < -0.3 is 4.74 Å². The molecule has 2 nitrogen and oxygen atoms in total. The van der Waals surface area contributed by atoms with Crippen LogP contribution in [0.3, 0.4) is 0 Å². The molecule has 0 aliphatic heterocycles. The van der Waals surface area contributed by atoms with Crippen molar-refractivity contribution in [2.24, 2.45) is 0 Å². The molecule has 2 aromatic carbocycles. The van der Waals surface area contributed by atoms with E-state index in [1.165, 1.54) is 31.4 Å². The first-order valence-corrected chi connectivity index (χ1v) is 5.79. The Morgan fingerprint density at radius 1 is 0.950 bits per heavy atom. The molecular weight excluding hydrogens is 269 g/mol. The summed E-state index contributed by atoms with van der Waals surface area (Å²) in [5.41, 5.74) is -1.23. The van der Waals surface area contributed by atoms with E-state index >= 15 is 0 Å². The average molecular weight is 280 g/mol. The summed E-state index contributed by atoms with van der Waals surface area (Å²) >= 11 is 0. The molecule has 0 aliphatic rings. The summed E-state index contributed by atoms with van der Waals surface area (Å²) < 4.78 is 43.8. The van der Waals surface area contributed by atoms with E-state index in [0.29, 0.717) is 0 Å². The molecule has 0 N–H and O–H groups in total. The number of carbonyl (C=O) groups is 1. The molecule has 0 heterocycles. The van der Waals surface area contributed by atoms with Crippen LogP contribution in [0.25, 0.3) is 0 Å². The topological polar surface area (TPSA) is 26.3 Å². The molecule has 20 heavy (non-hydrogen) atoms. The maximum absolute atomic E-state index is 12.9. The Hall–Kier alpha value is -2.30. The molecule has 104 valence electrons. The largest absolute Gasteiger partial charge is 0.496 e. The SMILES string of the molecule is COc1ccccc1C(=O)c1ccccc1C(F)(F)F. The number of benzene rings is 2. The summed E-state index contributed by atoms with van der Waals surface area (Å²) in [5, 5.41) is 0. The van der Waals surface area contributed by atoms with Gasteiger partial charge in [0.05, 0.1) is 18.2 Å². The van der Waals surface area contributed by atoms with E-state index in [-0.39, 0.29) is 16.9 Å². The molecule has 0 saturated heterocycles. The minimum Gasteiger partial charge on any atom is -0.496 e. The highest BCUT2D eigenvalue weighted by Crippen LogP contribution is 2.33. The minimum atomic E-state index is -4.58. The lowest BCUT2D eigenvalue weighted by Gasteiger charge is -2.13. The third-order valence-electron chi connectivity index (χ3n) is 2.83. The van der Waals surface area contributed by atoms with Gasteiger partial charge in [0, 0.05) is 5.56 Å². The van der Waals surface area contributed by atoms with Crippen LogP contribution >= 0.6 is 0 Å². The third kappa shape index (κ3) is 2.66. The Balaban J connectivity index is 2.55. The fraction of sp³-hybridized carbons (Fsp3) is 0.133. The number of para-hydroxylation sites is 1. The zero-order valence-electron chi connectivity index (χ0n) is 10.6. The Morgan fingerprint density at radius 2 is 1.50 bits per heavy atom. The van der Waals surface area contributed by atoms with Crippen LogP contribution in [0.15, 0.2) is 48.5 Å². The molecule has 0 unspecified atom stereocenters. The monoisotopic (exact) mass is 280 g/mol. The highest BCUT2D eigenvalue weighted by molar-refractivity contribution is 6.11. The van der Waals surface area contributed by atoms with Crippen molar-refractivity contribution >= 4 is 5.78 Å². The number of hydrogen-bond donors (Lipinski definition) is 0. The normalized spacial score (nSPS) is 11.2. The minimum absolute atomic E-state index is 0.103. The molecule has 0 aromatic heterocycles. The van der Waals surface area contributed by atoms with Gasteiger partial charge >= 0.3 is 6.18 Å². The van der Waals surface area contributed by atoms with Crippen molar-refractivity contribution in [3.8, 4) is 5.75 Å². The van der Waals surface area contributed by atoms with E-state index in [2.05, 4.69) is 0 Å². The number of ketones is 1. The lowest BCUT2D eigenvalue weighted by Crippen LogP contribution is -2.14. The zero-order chi connectivity index (χ0) is 14.8. The van der Waals surface area contributed by atoms with Crippen molar-refractivity contribution in [3.05, 3.63) is 65.2 Å².